The summed E-state index contributed by atoms with van der Waals surface area (Å²) in [5.74, 6) is -0.708. The van der Waals surface area contributed by atoms with Crippen LogP contribution in [0.2, 0.25) is 0 Å². The van der Waals surface area contributed by atoms with Gasteiger partial charge in [-0.2, -0.15) is 13.2 Å². The van der Waals surface area contributed by atoms with Crippen molar-refractivity contribution in [2.75, 3.05) is 11.4 Å². The molecule has 0 aliphatic carbocycles. The van der Waals surface area contributed by atoms with Gasteiger partial charge in [0.1, 0.15) is 5.56 Å². The molecular formula is C15H10F3N3O3. The van der Waals surface area contributed by atoms with Crippen LogP contribution in [0.3, 0.4) is 0 Å². The number of nitro groups is 1. The van der Waals surface area contributed by atoms with Crippen LogP contribution in [0.4, 0.5) is 24.5 Å². The number of nitro benzene ring substituents is 1. The van der Waals surface area contributed by atoms with E-state index in [1.54, 1.807) is 12.3 Å². The molecule has 6 nitrogen and oxygen atoms in total. The molecule has 1 amide bonds. The number of amides is 1. The number of hydrogen-bond donors (Lipinski definition) is 0. The van der Waals surface area contributed by atoms with Gasteiger partial charge in [-0.15, -0.1) is 0 Å². The van der Waals surface area contributed by atoms with Gasteiger partial charge in [-0.1, -0.05) is 0 Å². The van der Waals surface area contributed by atoms with Gasteiger partial charge in [0.15, 0.2) is 0 Å². The van der Waals surface area contributed by atoms with Crippen LogP contribution in [-0.4, -0.2) is 22.4 Å². The lowest BCUT2D eigenvalue weighted by Crippen LogP contribution is -2.29. The summed E-state index contributed by atoms with van der Waals surface area (Å²) in [6.07, 6.45) is -1.13. The second-order valence-corrected chi connectivity index (χ2v) is 5.20. The zero-order valence-electron chi connectivity index (χ0n) is 12.1. The van der Waals surface area contributed by atoms with E-state index in [-0.39, 0.29) is 12.1 Å². The van der Waals surface area contributed by atoms with E-state index in [9.17, 15) is 28.1 Å². The zero-order valence-corrected chi connectivity index (χ0v) is 12.1. The highest BCUT2D eigenvalue weighted by atomic mass is 19.4. The van der Waals surface area contributed by atoms with Gasteiger partial charge >= 0.3 is 6.18 Å². The Kier molecular flexibility index (Phi) is 3.70. The fraction of sp³-hybridized carbons (Fsp3) is 0.200. The van der Waals surface area contributed by atoms with E-state index in [1.165, 1.54) is 11.1 Å². The van der Waals surface area contributed by atoms with Crippen molar-refractivity contribution in [3.8, 4) is 0 Å². The van der Waals surface area contributed by atoms with Crippen LogP contribution in [0.15, 0.2) is 36.7 Å². The van der Waals surface area contributed by atoms with E-state index in [2.05, 4.69) is 4.98 Å². The van der Waals surface area contributed by atoms with Crippen molar-refractivity contribution in [2.24, 2.45) is 0 Å². The summed E-state index contributed by atoms with van der Waals surface area (Å²) in [5.41, 5.74) is -1.05. The third-order valence-corrected chi connectivity index (χ3v) is 3.77. The fourth-order valence-electron chi connectivity index (χ4n) is 2.62. The van der Waals surface area contributed by atoms with Gasteiger partial charge in [-0.3, -0.25) is 19.9 Å². The molecule has 0 atom stereocenters. The van der Waals surface area contributed by atoms with Gasteiger partial charge in [0.25, 0.3) is 11.6 Å². The Morgan fingerprint density at radius 2 is 2.04 bits per heavy atom. The van der Waals surface area contributed by atoms with Crippen molar-refractivity contribution in [2.45, 2.75) is 12.6 Å². The van der Waals surface area contributed by atoms with Crippen molar-refractivity contribution in [1.29, 1.82) is 0 Å². The number of pyridine rings is 1. The second kappa shape index (κ2) is 5.59. The van der Waals surface area contributed by atoms with Gasteiger partial charge in [-0.25, -0.2) is 0 Å². The average Bonchev–Trinajstić information content (AvgIpc) is 2.96. The Hall–Kier alpha value is -2.97. The summed E-state index contributed by atoms with van der Waals surface area (Å²) in [6.45, 7) is 0.290. The number of anilines is 1. The Morgan fingerprint density at radius 3 is 2.71 bits per heavy atom. The summed E-state index contributed by atoms with van der Waals surface area (Å²) >= 11 is 0. The van der Waals surface area contributed by atoms with Crippen molar-refractivity contribution in [1.82, 2.24) is 4.98 Å². The first kappa shape index (κ1) is 15.9. The van der Waals surface area contributed by atoms with Crippen LogP contribution in [0.25, 0.3) is 0 Å². The number of nitrogens with zero attached hydrogens (tertiary/aromatic N) is 3. The van der Waals surface area contributed by atoms with Crippen LogP contribution >= 0.6 is 0 Å². The lowest BCUT2D eigenvalue weighted by molar-refractivity contribution is -0.385. The molecule has 0 fully saturated rings. The van der Waals surface area contributed by atoms with Crippen LogP contribution < -0.4 is 4.90 Å². The molecule has 124 valence electrons. The van der Waals surface area contributed by atoms with Gasteiger partial charge < -0.3 is 4.90 Å². The molecule has 2 heterocycles. The molecule has 3 rings (SSSR count). The van der Waals surface area contributed by atoms with Crippen molar-refractivity contribution in [3.05, 3.63) is 63.5 Å². The van der Waals surface area contributed by atoms with Crippen LogP contribution in [-0.2, 0) is 12.6 Å². The highest BCUT2D eigenvalue weighted by molar-refractivity contribution is 6.09. The molecular weight excluding hydrogens is 327 g/mol. The summed E-state index contributed by atoms with van der Waals surface area (Å²) < 4.78 is 38.2. The maximum atomic E-state index is 12.7. The molecule has 0 N–H and O–H groups in total. The number of benzene rings is 1. The Balaban J connectivity index is 2.03. The van der Waals surface area contributed by atoms with E-state index < -0.39 is 28.3 Å². The van der Waals surface area contributed by atoms with E-state index in [0.717, 1.165) is 11.6 Å². The van der Waals surface area contributed by atoms with E-state index in [0.29, 0.717) is 24.2 Å². The number of carbonyl (C=O) groups excluding carboxylic acids is 1. The smallest absolute Gasteiger partial charge is 0.307 e. The SMILES string of the molecule is O=C(c1ccc(C(F)(F)F)cc1[N+](=O)[O-])N1CCc2cnccc21. The first-order valence-electron chi connectivity index (χ1n) is 6.89. The number of fused-ring (bicyclic) bond motifs is 1. The summed E-state index contributed by atoms with van der Waals surface area (Å²) in [4.78, 5) is 28.0. The van der Waals surface area contributed by atoms with Gasteiger partial charge in [0.05, 0.1) is 16.2 Å². The summed E-state index contributed by atoms with van der Waals surface area (Å²) in [7, 11) is 0. The minimum atomic E-state index is -4.72. The topological polar surface area (TPSA) is 76.3 Å². The maximum absolute atomic E-state index is 12.7. The molecule has 1 aromatic heterocycles. The number of carbonyl (C=O) groups is 1. The minimum absolute atomic E-state index is 0.290. The summed E-state index contributed by atoms with van der Waals surface area (Å²) in [5, 5.41) is 11.1. The first-order chi connectivity index (χ1) is 11.3. The van der Waals surface area contributed by atoms with E-state index in [1.807, 2.05) is 0 Å². The molecule has 24 heavy (non-hydrogen) atoms. The molecule has 2 aromatic rings. The molecule has 0 saturated carbocycles. The highest BCUT2D eigenvalue weighted by Gasteiger charge is 2.35. The number of hydrogen-bond acceptors (Lipinski definition) is 4. The predicted molar refractivity (Wildman–Crippen MR) is 77.7 cm³/mol. The molecule has 0 radical (unpaired) electrons. The predicted octanol–water partition coefficient (Wildman–Crippen LogP) is 3.21. The van der Waals surface area contributed by atoms with Crippen LogP contribution in [0.1, 0.15) is 21.5 Å². The minimum Gasteiger partial charge on any atom is -0.307 e. The maximum Gasteiger partial charge on any atom is 0.416 e. The molecule has 0 spiro atoms. The Bertz CT molecular complexity index is 836. The fourth-order valence-corrected chi connectivity index (χ4v) is 2.62. The monoisotopic (exact) mass is 337 g/mol. The van der Waals surface area contributed by atoms with Crippen molar-refractivity contribution in [3.63, 3.8) is 0 Å². The average molecular weight is 337 g/mol. The molecule has 9 heteroatoms. The van der Waals surface area contributed by atoms with Crippen LogP contribution in [0, 0.1) is 10.1 Å². The molecule has 0 unspecified atom stereocenters. The molecule has 1 aliphatic rings. The van der Waals surface area contributed by atoms with Crippen molar-refractivity contribution >= 4 is 17.3 Å². The Labute approximate surface area is 133 Å². The normalized spacial score (nSPS) is 13.7. The molecule has 0 saturated heterocycles. The van der Waals surface area contributed by atoms with E-state index >= 15 is 0 Å². The standard InChI is InChI=1S/C15H10F3N3O3/c16-15(17,18)10-1-2-11(13(7-10)21(23)24)14(22)20-6-4-9-8-19-5-3-12(9)20/h1-3,5,7-8H,4,6H2. The number of alkyl halides is 3. The zero-order chi connectivity index (χ0) is 17.5. The second-order valence-electron chi connectivity index (χ2n) is 5.20. The van der Waals surface area contributed by atoms with Gasteiger partial charge in [-0.05, 0) is 30.2 Å². The number of aromatic nitrogens is 1. The molecule has 0 bridgehead atoms. The lowest BCUT2D eigenvalue weighted by atomic mass is 10.1. The molecule has 1 aliphatic heterocycles. The highest BCUT2D eigenvalue weighted by Crippen LogP contribution is 2.35. The summed E-state index contributed by atoms with van der Waals surface area (Å²) in [6, 6.07) is 3.50. The number of rotatable bonds is 2. The third-order valence-electron chi connectivity index (χ3n) is 3.77. The van der Waals surface area contributed by atoms with Gasteiger partial charge in [0.2, 0.25) is 0 Å². The lowest BCUT2D eigenvalue weighted by Gasteiger charge is -2.17. The third kappa shape index (κ3) is 2.68. The number of halogens is 3. The molecule has 1 aromatic carbocycles. The van der Waals surface area contributed by atoms with Crippen molar-refractivity contribution < 1.29 is 22.9 Å². The largest absolute Gasteiger partial charge is 0.416 e. The van der Waals surface area contributed by atoms with Crippen LogP contribution in [0.5, 0.6) is 0 Å². The first-order valence-corrected chi connectivity index (χ1v) is 6.89. The Morgan fingerprint density at radius 1 is 1.29 bits per heavy atom. The quantitative estimate of drug-likeness (QED) is 0.623. The van der Waals surface area contributed by atoms with Gasteiger partial charge in [0, 0.05) is 25.0 Å². The van der Waals surface area contributed by atoms with E-state index in [4.69, 9.17) is 0 Å².